The van der Waals surface area contributed by atoms with Gasteiger partial charge in [0.25, 0.3) is 0 Å². The summed E-state index contributed by atoms with van der Waals surface area (Å²) >= 11 is 0. The van der Waals surface area contributed by atoms with Crippen molar-refractivity contribution < 1.29 is 9.31 Å². The molecule has 0 spiro atoms. The minimum absolute atomic E-state index is 0.303. The lowest BCUT2D eigenvalue weighted by atomic mass is 9.79. The molecule has 1 aromatic carbocycles. The van der Waals surface area contributed by atoms with E-state index in [9.17, 15) is 0 Å². The molecule has 1 fully saturated rings. The second kappa shape index (κ2) is 5.61. The molecule has 0 atom stereocenters. The number of nitrogens with one attached hydrogen (secondary N) is 1. The van der Waals surface area contributed by atoms with Crippen LogP contribution in [0.4, 0.5) is 0 Å². The average Bonchev–Trinajstić information content (AvgIpc) is 2.60. The van der Waals surface area contributed by atoms with Crippen molar-refractivity contribution in [1.29, 1.82) is 0 Å². The zero-order chi connectivity index (χ0) is 14.8. The van der Waals surface area contributed by atoms with Crippen molar-refractivity contribution in [3.63, 3.8) is 0 Å². The van der Waals surface area contributed by atoms with E-state index in [4.69, 9.17) is 9.31 Å². The normalized spacial score (nSPS) is 19.6. The summed E-state index contributed by atoms with van der Waals surface area (Å²) in [6, 6.07) is 8.04. The number of rotatable bonds is 2. The molecule has 2 rings (SSSR count). The van der Waals surface area contributed by atoms with Gasteiger partial charge in [0.1, 0.15) is 0 Å². The van der Waals surface area contributed by atoms with Crippen LogP contribution in [0.2, 0.25) is 0 Å². The molecule has 0 bridgehead atoms. The number of hydrogen-bond acceptors (Lipinski definition) is 3. The lowest BCUT2D eigenvalue weighted by molar-refractivity contribution is 0.00578. The van der Waals surface area contributed by atoms with E-state index in [1.807, 2.05) is 31.3 Å². The highest BCUT2D eigenvalue weighted by molar-refractivity contribution is 6.62. The molecule has 1 N–H and O–H groups in total. The van der Waals surface area contributed by atoms with Gasteiger partial charge >= 0.3 is 7.12 Å². The Morgan fingerprint density at radius 1 is 1.05 bits per heavy atom. The minimum atomic E-state index is -0.306. The Kier molecular flexibility index (Phi) is 4.24. The van der Waals surface area contributed by atoms with E-state index in [-0.39, 0.29) is 18.3 Å². The smallest absolute Gasteiger partial charge is 0.399 e. The van der Waals surface area contributed by atoms with Gasteiger partial charge in [-0.15, -0.1) is 0 Å². The standard InChI is InChI=1S/C16H22BNO2/c1-15(2)16(3,4)20-17(19-15)14-10-8-13(9-11-14)7-6-12-18-5/h8-11,18H,12H2,1-5H3. The Labute approximate surface area is 122 Å². The van der Waals surface area contributed by atoms with Crippen molar-refractivity contribution in [2.75, 3.05) is 13.6 Å². The lowest BCUT2D eigenvalue weighted by Gasteiger charge is -2.32. The fraction of sp³-hybridized carbons (Fsp3) is 0.500. The maximum Gasteiger partial charge on any atom is 0.494 e. The molecule has 1 saturated heterocycles. The zero-order valence-corrected chi connectivity index (χ0v) is 12.9. The van der Waals surface area contributed by atoms with E-state index >= 15 is 0 Å². The van der Waals surface area contributed by atoms with E-state index in [0.29, 0.717) is 6.54 Å². The third-order valence-electron chi connectivity index (χ3n) is 3.93. The van der Waals surface area contributed by atoms with Crippen LogP contribution < -0.4 is 10.8 Å². The second-order valence-electron chi connectivity index (χ2n) is 6.04. The molecule has 0 aromatic heterocycles. The summed E-state index contributed by atoms with van der Waals surface area (Å²) in [5.74, 6) is 6.14. The van der Waals surface area contributed by atoms with Crippen molar-refractivity contribution in [3.8, 4) is 11.8 Å². The van der Waals surface area contributed by atoms with Crippen LogP contribution in [0.1, 0.15) is 33.3 Å². The largest absolute Gasteiger partial charge is 0.494 e. The predicted octanol–water partition coefficient (Wildman–Crippen LogP) is 1.56. The van der Waals surface area contributed by atoms with E-state index in [0.717, 1.165) is 11.0 Å². The van der Waals surface area contributed by atoms with Gasteiger partial charge in [0.05, 0.1) is 17.7 Å². The minimum Gasteiger partial charge on any atom is -0.399 e. The number of benzene rings is 1. The van der Waals surface area contributed by atoms with Crippen LogP contribution in [0.15, 0.2) is 24.3 Å². The van der Waals surface area contributed by atoms with Gasteiger partial charge in [-0.1, -0.05) is 24.0 Å². The highest BCUT2D eigenvalue weighted by Gasteiger charge is 2.51. The third kappa shape index (κ3) is 3.07. The Balaban J connectivity index is 2.11. The maximum absolute atomic E-state index is 6.02. The van der Waals surface area contributed by atoms with Crippen LogP contribution in [0.5, 0.6) is 0 Å². The zero-order valence-electron chi connectivity index (χ0n) is 12.9. The van der Waals surface area contributed by atoms with Gasteiger partial charge in [-0.2, -0.15) is 0 Å². The molecule has 0 unspecified atom stereocenters. The van der Waals surface area contributed by atoms with E-state index in [1.165, 1.54) is 0 Å². The summed E-state index contributed by atoms with van der Waals surface area (Å²) in [4.78, 5) is 0. The first-order chi connectivity index (χ1) is 9.36. The van der Waals surface area contributed by atoms with Gasteiger partial charge in [0, 0.05) is 5.56 Å². The summed E-state index contributed by atoms with van der Waals surface area (Å²) in [5.41, 5.74) is 1.43. The van der Waals surface area contributed by atoms with Gasteiger partial charge in [-0.05, 0) is 52.3 Å². The second-order valence-corrected chi connectivity index (χ2v) is 6.04. The first-order valence-electron chi connectivity index (χ1n) is 6.95. The van der Waals surface area contributed by atoms with Crippen molar-refractivity contribution in [2.24, 2.45) is 0 Å². The third-order valence-corrected chi connectivity index (χ3v) is 3.93. The SMILES string of the molecule is CNCC#Cc1ccc(B2OC(C)(C)C(C)(C)O2)cc1. The molecule has 4 heteroatoms. The van der Waals surface area contributed by atoms with E-state index in [1.54, 1.807) is 0 Å². The number of hydrogen-bond donors (Lipinski definition) is 1. The Hall–Kier alpha value is -1.28. The van der Waals surface area contributed by atoms with Crippen LogP contribution in [0.25, 0.3) is 0 Å². The molecule has 1 aromatic rings. The summed E-state index contributed by atoms with van der Waals surface area (Å²) in [6.07, 6.45) is 0. The summed E-state index contributed by atoms with van der Waals surface area (Å²) in [7, 11) is 1.58. The molecule has 1 aliphatic heterocycles. The first kappa shape index (κ1) is 15.1. The van der Waals surface area contributed by atoms with Crippen molar-refractivity contribution in [1.82, 2.24) is 5.32 Å². The molecule has 0 radical (unpaired) electrons. The maximum atomic E-state index is 6.02. The van der Waals surface area contributed by atoms with Gasteiger partial charge < -0.3 is 14.6 Å². The molecular weight excluding hydrogens is 249 g/mol. The molecule has 3 nitrogen and oxygen atoms in total. The monoisotopic (exact) mass is 271 g/mol. The van der Waals surface area contributed by atoms with E-state index in [2.05, 4.69) is 44.9 Å². The van der Waals surface area contributed by atoms with Gasteiger partial charge in [0.15, 0.2) is 0 Å². The van der Waals surface area contributed by atoms with Crippen molar-refractivity contribution >= 4 is 12.6 Å². The van der Waals surface area contributed by atoms with Crippen LogP contribution in [0.3, 0.4) is 0 Å². The summed E-state index contributed by atoms with van der Waals surface area (Å²) in [6.45, 7) is 8.93. The molecule has 0 saturated carbocycles. The molecule has 1 aliphatic rings. The van der Waals surface area contributed by atoms with Gasteiger partial charge in [-0.3, -0.25) is 0 Å². The first-order valence-corrected chi connectivity index (χ1v) is 6.95. The van der Waals surface area contributed by atoms with Gasteiger partial charge in [0.2, 0.25) is 0 Å². The Morgan fingerprint density at radius 2 is 1.60 bits per heavy atom. The fourth-order valence-corrected chi connectivity index (χ4v) is 1.94. The quantitative estimate of drug-likeness (QED) is 0.654. The van der Waals surface area contributed by atoms with Crippen LogP contribution in [-0.4, -0.2) is 31.9 Å². The lowest BCUT2D eigenvalue weighted by Crippen LogP contribution is -2.41. The van der Waals surface area contributed by atoms with Crippen LogP contribution in [0, 0.1) is 11.8 Å². The highest BCUT2D eigenvalue weighted by atomic mass is 16.7. The predicted molar refractivity (Wildman–Crippen MR) is 83.0 cm³/mol. The topological polar surface area (TPSA) is 30.5 Å². The Morgan fingerprint density at radius 3 is 2.10 bits per heavy atom. The summed E-state index contributed by atoms with van der Waals surface area (Å²) in [5, 5.41) is 3.00. The van der Waals surface area contributed by atoms with Crippen molar-refractivity contribution in [3.05, 3.63) is 29.8 Å². The molecule has 0 aliphatic carbocycles. The summed E-state index contributed by atoms with van der Waals surface area (Å²) < 4.78 is 12.0. The Bertz CT molecular complexity index is 510. The van der Waals surface area contributed by atoms with Gasteiger partial charge in [-0.25, -0.2) is 0 Å². The molecule has 1 heterocycles. The average molecular weight is 271 g/mol. The van der Waals surface area contributed by atoms with E-state index < -0.39 is 0 Å². The highest BCUT2D eigenvalue weighted by Crippen LogP contribution is 2.36. The molecule has 106 valence electrons. The van der Waals surface area contributed by atoms with Crippen LogP contribution >= 0.6 is 0 Å². The molecule has 0 amide bonds. The van der Waals surface area contributed by atoms with Crippen LogP contribution in [-0.2, 0) is 9.31 Å². The molecular formula is C16H22BNO2. The fourth-order valence-electron chi connectivity index (χ4n) is 1.94. The van der Waals surface area contributed by atoms with Crippen molar-refractivity contribution in [2.45, 2.75) is 38.9 Å². The molecule has 20 heavy (non-hydrogen) atoms.